The number of amides is 2. The van der Waals surface area contributed by atoms with Crippen molar-refractivity contribution in [3.05, 3.63) is 101 Å². The number of anilines is 1. The molecule has 1 atom stereocenters. The van der Waals surface area contributed by atoms with Crippen molar-refractivity contribution in [2.24, 2.45) is 5.92 Å². The molecule has 0 saturated heterocycles. The van der Waals surface area contributed by atoms with E-state index < -0.39 is 12.0 Å². The average Bonchev–Trinajstić information content (AvgIpc) is 2.76. The zero-order chi connectivity index (χ0) is 22.4. The zero-order valence-corrected chi connectivity index (χ0v) is 18.6. The molecule has 0 bridgehead atoms. The molecule has 0 spiro atoms. The normalized spacial score (nSPS) is 11.9. The van der Waals surface area contributed by atoms with Crippen molar-refractivity contribution in [2.45, 2.75) is 39.7 Å². The average molecular weight is 415 g/mol. The predicted molar refractivity (Wildman–Crippen MR) is 126 cm³/mol. The maximum Gasteiger partial charge on any atom is 0.247 e. The summed E-state index contributed by atoms with van der Waals surface area (Å²) in [5.41, 5.74) is 4.61. The summed E-state index contributed by atoms with van der Waals surface area (Å²) in [5, 5.41) is 6.02. The molecule has 0 heterocycles. The Hall–Kier alpha value is -3.40. The van der Waals surface area contributed by atoms with Crippen LogP contribution in [-0.2, 0) is 9.59 Å². The minimum atomic E-state index is -0.651. The zero-order valence-electron chi connectivity index (χ0n) is 18.6. The molecule has 4 heteroatoms. The van der Waals surface area contributed by atoms with E-state index in [2.05, 4.69) is 10.6 Å². The largest absolute Gasteiger partial charge is 0.343 e. The Morgan fingerprint density at radius 1 is 0.742 bits per heavy atom. The first-order valence-corrected chi connectivity index (χ1v) is 10.6. The molecular weight excluding hydrogens is 384 g/mol. The van der Waals surface area contributed by atoms with Crippen LogP contribution in [0.5, 0.6) is 0 Å². The molecule has 0 fully saturated rings. The molecule has 0 aliphatic rings. The van der Waals surface area contributed by atoms with Crippen LogP contribution >= 0.6 is 0 Å². The second-order valence-corrected chi connectivity index (χ2v) is 8.29. The Morgan fingerprint density at radius 2 is 1.29 bits per heavy atom. The highest BCUT2D eigenvalue weighted by Gasteiger charge is 2.29. The van der Waals surface area contributed by atoms with Crippen LogP contribution in [-0.4, -0.2) is 17.9 Å². The van der Waals surface area contributed by atoms with Gasteiger partial charge < -0.3 is 10.6 Å². The van der Waals surface area contributed by atoms with Gasteiger partial charge in [-0.15, -0.1) is 0 Å². The topological polar surface area (TPSA) is 58.2 Å². The van der Waals surface area contributed by atoms with Gasteiger partial charge in [-0.1, -0.05) is 86.6 Å². The van der Waals surface area contributed by atoms with Crippen molar-refractivity contribution < 1.29 is 9.59 Å². The molecule has 4 nitrogen and oxygen atoms in total. The molecule has 0 unspecified atom stereocenters. The van der Waals surface area contributed by atoms with E-state index in [-0.39, 0.29) is 17.7 Å². The van der Waals surface area contributed by atoms with Gasteiger partial charge in [0, 0.05) is 5.69 Å². The smallest absolute Gasteiger partial charge is 0.247 e. The van der Waals surface area contributed by atoms with Crippen molar-refractivity contribution in [1.82, 2.24) is 5.32 Å². The summed E-state index contributed by atoms with van der Waals surface area (Å²) in [6, 6.07) is 24.6. The van der Waals surface area contributed by atoms with Gasteiger partial charge in [0.05, 0.1) is 5.92 Å². The molecule has 3 rings (SSSR count). The van der Waals surface area contributed by atoms with Crippen LogP contribution in [0.4, 0.5) is 5.69 Å². The molecule has 0 aliphatic heterocycles. The number of hydrogen-bond acceptors (Lipinski definition) is 2. The van der Waals surface area contributed by atoms with Gasteiger partial charge >= 0.3 is 0 Å². The fraction of sp³-hybridized carbons (Fsp3) is 0.259. The van der Waals surface area contributed by atoms with Crippen LogP contribution in [0.3, 0.4) is 0 Å². The third-order valence-electron chi connectivity index (χ3n) is 5.43. The van der Waals surface area contributed by atoms with Crippen LogP contribution in [0.15, 0.2) is 78.9 Å². The maximum atomic E-state index is 13.4. The summed E-state index contributed by atoms with van der Waals surface area (Å²) >= 11 is 0. The lowest BCUT2D eigenvalue weighted by atomic mass is 9.89. The Kier molecular flexibility index (Phi) is 7.24. The molecule has 3 aromatic carbocycles. The molecule has 31 heavy (non-hydrogen) atoms. The second kappa shape index (κ2) is 10.1. The molecule has 0 radical (unpaired) electrons. The van der Waals surface area contributed by atoms with Gasteiger partial charge in [-0.2, -0.15) is 0 Å². The van der Waals surface area contributed by atoms with E-state index in [4.69, 9.17) is 0 Å². The number of benzene rings is 3. The summed E-state index contributed by atoms with van der Waals surface area (Å²) in [6.45, 7) is 7.82. The number of carbonyl (C=O) groups excluding carboxylic acids is 2. The number of hydrogen-bond donors (Lipinski definition) is 2. The van der Waals surface area contributed by atoms with E-state index in [0.29, 0.717) is 0 Å². The minimum absolute atomic E-state index is 0.0683. The van der Waals surface area contributed by atoms with Crippen molar-refractivity contribution in [3.8, 4) is 0 Å². The molecule has 2 N–H and O–H groups in total. The number of nitrogens with one attached hydrogen (secondary N) is 2. The Morgan fingerprint density at radius 3 is 1.81 bits per heavy atom. The quantitative estimate of drug-likeness (QED) is 0.557. The highest BCUT2D eigenvalue weighted by atomic mass is 16.2. The lowest BCUT2D eigenvalue weighted by Crippen LogP contribution is -2.48. The molecule has 3 aromatic rings. The van der Waals surface area contributed by atoms with Crippen LogP contribution in [0, 0.1) is 19.8 Å². The number of aryl methyl sites for hydroxylation is 2. The maximum absolute atomic E-state index is 13.4. The molecule has 160 valence electrons. The van der Waals surface area contributed by atoms with E-state index in [1.54, 1.807) is 0 Å². The second-order valence-electron chi connectivity index (χ2n) is 8.29. The molecular formula is C27H30N2O2. The molecule has 0 saturated carbocycles. The van der Waals surface area contributed by atoms with Crippen LogP contribution < -0.4 is 10.6 Å². The van der Waals surface area contributed by atoms with Crippen molar-refractivity contribution in [2.75, 3.05) is 5.32 Å². The van der Waals surface area contributed by atoms with Gasteiger partial charge in [-0.3, -0.25) is 9.59 Å². The lowest BCUT2D eigenvalue weighted by molar-refractivity contribution is -0.127. The van der Waals surface area contributed by atoms with Crippen LogP contribution in [0.2, 0.25) is 0 Å². The van der Waals surface area contributed by atoms with E-state index in [9.17, 15) is 9.59 Å². The SMILES string of the molecule is Cc1ccc(C)c(NC(=O)[C@@H](NC(=O)C(c2ccccc2)c2ccccc2)C(C)C)c1. The third kappa shape index (κ3) is 5.60. The standard InChI is InChI=1S/C27H30N2O2/c1-18(2)25(27(31)28-23-17-19(3)15-16-20(23)4)29-26(30)24(21-11-7-5-8-12-21)22-13-9-6-10-14-22/h5-18,24-25H,1-4H3,(H,28,31)(H,29,30)/t25-/m0/s1. The molecule has 2 amide bonds. The summed E-state index contributed by atoms with van der Waals surface area (Å²) in [6.07, 6.45) is 0. The van der Waals surface area contributed by atoms with Gasteiger partial charge in [-0.25, -0.2) is 0 Å². The first-order valence-electron chi connectivity index (χ1n) is 10.6. The van der Waals surface area contributed by atoms with E-state index in [1.165, 1.54) is 0 Å². The minimum Gasteiger partial charge on any atom is -0.343 e. The molecule has 0 aromatic heterocycles. The number of carbonyl (C=O) groups is 2. The molecule has 0 aliphatic carbocycles. The lowest BCUT2D eigenvalue weighted by Gasteiger charge is -2.25. The van der Waals surface area contributed by atoms with Crippen molar-refractivity contribution in [3.63, 3.8) is 0 Å². The summed E-state index contributed by atoms with van der Waals surface area (Å²) in [5.74, 6) is -0.956. The highest BCUT2D eigenvalue weighted by Crippen LogP contribution is 2.25. The fourth-order valence-electron chi connectivity index (χ4n) is 3.64. The summed E-state index contributed by atoms with van der Waals surface area (Å²) < 4.78 is 0. The first kappa shape index (κ1) is 22.3. The summed E-state index contributed by atoms with van der Waals surface area (Å²) in [7, 11) is 0. The van der Waals surface area contributed by atoms with Gasteiger partial charge in [-0.05, 0) is 48.1 Å². The Bertz CT molecular complexity index is 990. The Labute approximate surface area is 184 Å². The van der Waals surface area contributed by atoms with Crippen LogP contribution in [0.25, 0.3) is 0 Å². The van der Waals surface area contributed by atoms with Gasteiger partial charge in [0.2, 0.25) is 11.8 Å². The first-order chi connectivity index (χ1) is 14.9. The van der Waals surface area contributed by atoms with E-state index in [1.807, 2.05) is 107 Å². The van der Waals surface area contributed by atoms with Gasteiger partial charge in [0.25, 0.3) is 0 Å². The van der Waals surface area contributed by atoms with E-state index >= 15 is 0 Å². The van der Waals surface area contributed by atoms with Gasteiger partial charge in [0.15, 0.2) is 0 Å². The Balaban J connectivity index is 1.85. The van der Waals surface area contributed by atoms with Crippen molar-refractivity contribution in [1.29, 1.82) is 0 Å². The number of rotatable bonds is 7. The summed E-state index contributed by atoms with van der Waals surface area (Å²) in [4.78, 5) is 26.6. The van der Waals surface area contributed by atoms with Gasteiger partial charge in [0.1, 0.15) is 6.04 Å². The monoisotopic (exact) mass is 414 g/mol. The van der Waals surface area contributed by atoms with Crippen molar-refractivity contribution >= 4 is 17.5 Å². The fourth-order valence-corrected chi connectivity index (χ4v) is 3.64. The van der Waals surface area contributed by atoms with E-state index in [0.717, 1.165) is 27.9 Å². The third-order valence-corrected chi connectivity index (χ3v) is 5.43. The highest BCUT2D eigenvalue weighted by molar-refractivity contribution is 5.99. The predicted octanol–water partition coefficient (Wildman–Crippen LogP) is 5.21. The van der Waals surface area contributed by atoms with Crippen LogP contribution in [0.1, 0.15) is 42.0 Å².